The van der Waals surface area contributed by atoms with E-state index in [2.05, 4.69) is 17.2 Å². The molecule has 2 aromatic carbocycles. The van der Waals surface area contributed by atoms with Crippen LogP contribution in [0.4, 0.5) is 0 Å². The number of oxazole rings is 1. The average Bonchev–Trinajstić information content (AvgIpc) is 3.18. The van der Waals surface area contributed by atoms with Gasteiger partial charge in [0.1, 0.15) is 5.76 Å². The molecule has 176 valence electrons. The number of aryl methyl sites for hydroxylation is 2. The van der Waals surface area contributed by atoms with Crippen LogP contribution in [0.25, 0.3) is 11.5 Å². The quantitative estimate of drug-likeness (QED) is 0.323. The molecule has 0 radical (unpaired) electrons. The first-order valence-corrected chi connectivity index (χ1v) is 13.8. The van der Waals surface area contributed by atoms with Crippen molar-refractivity contribution in [3.05, 3.63) is 71.1 Å². The third kappa shape index (κ3) is 7.57. The molecule has 1 heterocycles. The highest BCUT2D eigenvalue weighted by molar-refractivity contribution is 7.99. The zero-order valence-electron chi connectivity index (χ0n) is 19.6. The van der Waals surface area contributed by atoms with Crippen molar-refractivity contribution in [1.82, 2.24) is 10.3 Å². The molecule has 33 heavy (non-hydrogen) atoms. The van der Waals surface area contributed by atoms with Crippen LogP contribution in [-0.4, -0.2) is 33.2 Å². The number of rotatable bonds is 12. The number of benzene rings is 2. The van der Waals surface area contributed by atoms with Gasteiger partial charge in [0, 0.05) is 22.6 Å². The molecule has 0 saturated heterocycles. The van der Waals surface area contributed by atoms with Crippen LogP contribution in [0.15, 0.2) is 57.8 Å². The molecule has 3 aromatic rings. The number of carbonyl (C=O) groups excluding carboxylic acids is 1. The molecule has 0 aliphatic heterocycles. The predicted octanol–water partition coefficient (Wildman–Crippen LogP) is 5.92. The van der Waals surface area contributed by atoms with Crippen molar-refractivity contribution in [1.29, 1.82) is 0 Å². The number of carbonyl (C=O) groups is 1. The maximum Gasteiger partial charge on any atom is 0.251 e. The molecule has 1 atom stereocenters. The number of thioether (sulfide) groups is 1. The molecule has 3 rings (SSSR count). The lowest BCUT2D eigenvalue weighted by Gasteiger charge is -2.06. The summed E-state index contributed by atoms with van der Waals surface area (Å²) in [4.78, 5) is 17.7. The first-order chi connectivity index (χ1) is 16.0. The Morgan fingerprint density at radius 2 is 1.73 bits per heavy atom. The molecular formula is C26H32N2O3S2. The molecule has 1 N–H and O–H groups in total. The Kier molecular flexibility index (Phi) is 9.76. The Morgan fingerprint density at radius 3 is 2.42 bits per heavy atom. The van der Waals surface area contributed by atoms with Crippen molar-refractivity contribution in [3.63, 3.8) is 0 Å². The minimum Gasteiger partial charge on any atom is -0.441 e. The van der Waals surface area contributed by atoms with Gasteiger partial charge in [0.15, 0.2) is 0 Å². The zero-order chi connectivity index (χ0) is 23.6. The van der Waals surface area contributed by atoms with Crippen LogP contribution in [0.3, 0.4) is 0 Å². The van der Waals surface area contributed by atoms with Gasteiger partial charge in [-0.2, -0.15) is 11.8 Å². The number of nitrogens with zero attached hydrogens (tertiary/aromatic N) is 1. The summed E-state index contributed by atoms with van der Waals surface area (Å²) in [6.07, 6.45) is 3.45. The van der Waals surface area contributed by atoms with Crippen molar-refractivity contribution in [3.8, 4) is 11.5 Å². The third-order valence-electron chi connectivity index (χ3n) is 5.23. The van der Waals surface area contributed by atoms with E-state index in [1.807, 2.05) is 62.0 Å². The SMILES string of the molecule is CCCCSCCCNC(=O)c1ccc(-c2nc(CS(=O)c3ccc(C)cc3)c(C)o2)cc1. The average molecular weight is 485 g/mol. The standard InChI is InChI=1S/C26H32N2O3S2/c1-4-5-16-32-17-6-15-27-25(29)21-9-11-22(12-10-21)26-28-24(20(3)31-26)18-33(30)23-13-7-19(2)8-14-23/h7-14H,4-6,15-18H2,1-3H3,(H,27,29). The second-order valence-corrected chi connectivity index (χ2v) is 10.7. The van der Waals surface area contributed by atoms with Gasteiger partial charge in [-0.05, 0) is 74.6 Å². The largest absolute Gasteiger partial charge is 0.441 e. The summed E-state index contributed by atoms with van der Waals surface area (Å²) in [5.74, 6) is 3.62. The Hall–Kier alpha value is -2.38. The van der Waals surface area contributed by atoms with Gasteiger partial charge in [-0.15, -0.1) is 0 Å². The highest BCUT2D eigenvalue weighted by Gasteiger charge is 2.15. The normalized spacial score (nSPS) is 12.0. The summed E-state index contributed by atoms with van der Waals surface area (Å²) >= 11 is 1.94. The summed E-state index contributed by atoms with van der Waals surface area (Å²) in [5, 5.41) is 2.98. The predicted molar refractivity (Wildman–Crippen MR) is 137 cm³/mol. The maximum atomic E-state index is 12.7. The molecule has 5 nitrogen and oxygen atoms in total. The van der Waals surface area contributed by atoms with Gasteiger partial charge in [0.25, 0.3) is 5.91 Å². The van der Waals surface area contributed by atoms with Crippen molar-refractivity contribution < 1.29 is 13.4 Å². The molecule has 1 amide bonds. The Balaban J connectivity index is 1.54. The molecule has 7 heteroatoms. The van der Waals surface area contributed by atoms with E-state index in [4.69, 9.17) is 4.42 Å². The first-order valence-electron chi connectivity index (χ1n) is 11.4. The van der Waals surface area contributed by atoms with E-state index in [1.54, 1.807) is 12.1 Å². The number of nitrogens with one attached hydrogen (secondary N) is 1. The van der Waals surface area contributed by atoms with Gasteiger partial charge in [-0.3, -0.25) is 9.00 Å². The molecule has 0 aliphatic carbocycles. The molecule has 0 bridgehead atoms. The van der Waals surface area contributed by atoms with Gasteiger partial charge < -0.3 is 9.73 Å². The maximum absolute atomic E-state index is 12.7. The van der Waals surface area contributed by atoms with E-state index in [-0.39, 0.29) is 5.91 Å². The molecule has 0 aliphatic rings. The minimum absolute atomic E-state index is 0.0714. The van der Waals surface area contributed by atoms with Crippen LogP contribution in [-0.2, 0) is 16.6 Å². The Labute approximate surface area is 203 Å². The topological polar surface area (TPSA) is 72.2 Å². The molecule has 1 unspecified atom stereocenters. The Morgan fingerprint density at radius 1 is 1.03 bits per heavy atom. The fourth-order valence-electron chi connectivity index (χ4n) is 3.17. The summed E-state index contributed by atoms with van der Waals surface area (Å²) in [6, 6.07) is 14.9. The van der Waals surface area contributed by atoms with Gasteiger partial charge in [0.2, 0.25) is 5.89 Å². The lowest BCUT2D eigenvalue weighted by molar-refractivity contribution is 0.0954. The van der Waals surface area contributed by atoms with E-state index >= 15 is 0 Å². The lowest BCUT2D eigenvalue weighted by Crippen LogP contribution is -2.24. The van der Waals surface area contributed by atoms with Crippen molar-refractivity contribution >= 4 is 28.5 Å². The number of amides is 1. The van der Waals surface area contributed by atoms with Gasteiger partial charge in [-0.25, -0.2) is 4.98 Å². The highest BCUT2D eigenvalue weighted by Crippen LogP contribution is 2.24. The molecular weight excluding hydrogens is 452 g/mol. The molecule has 0 spiro atoms. The van der Waals surface area contributed by atoms with Crippen LogP contribution >= 0.6 is 11.8 Å². The van der Waals surface area contributed by atoms with Gasteiger partial charge in [-0.1, -0.05) is 31.0 Å². The lowest BCUT2D eigenvalue weighted by atomic mass is 10.1. The van der Waals surface area contributed by atoms with Gasteiger partial charge >= 0.3 is 0 Å². The zero-order valence-corrected chi connectivity index (χ0v) is 21.2. The number of hydrogen-bond donors (Lipinski definition) is 1. The van der Waals surface area contributed by atoms with Crippen LogP contribution in [0.1, 0.15) is 53.6 Å². The van der Waals surface area contributed by atoms with Crippen molar-refractivity contribution in [2.75, 3.05) is 18.1 Å². The highest BCUT2D eigenvalue weighted by atomic mass is 32.2. The van der Waals surface area contributed by atoms with Crippen LogP contribution < -0.4 is 5.32 Å². The first kappa shape index (κ1) is 25.2. The fourth-order valence-corrected chi connectivity index (χ4v) is 5.34. The second-order valence-electron chi connectivity index (χ2n) is 7.98. The summed E-state index contributed by atoms with van der Waals surface area (Å²) in [6.45, 7) is 6.72. The Bertz CT molecular complexity index is 1060. The number of aromatic nitrogens is 1. The van der Waals surface area contributed by atoms with E-state index in [1.165, 1.54) is 18.6 Å². The van der Waals surface area contributed by atoms with Crippen molar-refractivity contribution in [2.45, 2.75) is 50.7 Å². The number of hydrogen-bond acceptors (Lipinski definition) is 5. The molecule has 0 saturated carbocycles. The van der Waals surface area contributed by atoms with Gasteiger partial charge in [0.05, 0.1) is 22.2 Å². The van der Waals surface area contributed by atoms with Crippen LogP contribution in [0.5, 0.6) is 0 Å². The monoisotopic (exact) mass is 484 g/mol. The second kappa shape index (κ2) is 12.8. The van der Waals surface area contributed by atoms with Crippen molar-refractivity contribution in [2.24, 2.45) is 0 Å². The van der Waals surface area contributed by atoms with E-state index < -0.39 is 10.8 Å². The molecule has 0 fully saturated rings. The summed E-state index contributed by atoms with van der Waals surface area (Å²) in [5.41, 5.74) is 3.22. The van der Waals surface area contributed by atoms with Crippen LogP contribution in [0, 0.1) is 13.8 Å². The number of unbranched alkanes of at least 4 members (excludes halogenated alkanes) is 1. The third-order valence-corrected chi connectivity index (χ3v) is 7.72. The van der Waals surface area contributed by atoms with Crippen LogP contribution in [0.2, 0.25) is 0 Å². The summed E-state index contributed by atoms with van der Waals surface area (Å²) < 4.78 is 18.5. The van der Waals surface area contributed by atoms with E-state index in [0.29, 0.717) is 35.2 Å². The van der Waals surface area contributed by atoms with E-state index in [0.717, 1.165) is 28.2 Å². The summed E-state index contributed by atoms with van der Waals surface area (Å²) in [7, 11) is -1.19. The van der Waals surface area contributed by atoms with E-state index in [9.17, 15) is 9.00 Å². The fraction of sp³-hybridized carbons (Fsp3) is 0.385. The minimum atomic E-state index is -1.19. The smallest absolute Gasteiger partial charge is 0.251 e. The molecule has 1 aromatic heterocycles.